The Balaban J connectivity index is 1.86. The fraction of sp³-hybridized carbons (Fsp3) is 0.235. The van der Waals surface area contributed by atoms with Gasteiger partial charge in [0.2, 0.25) is 0 Å². The van der Waals surface area contributed by atoms with E-state index in [1.54, 1.807) is 0 Å². The molecule has 108 valence electrons. The maximum Gasteiger partial charge on any atom is 0.192 e. The van der Waals surface area contributed by atoms with Crippen LogP contribution < -0.4 is 5.32 Å². The first-order chi connectivity index (χ1) is 10.2. The van der Waals surface area contributed by atoms with Crippen LogP contribution in [0.25, 0.3) is 11.1 Å². The van der Waals surface area contributed by atoms with Crippen molar-refractivity contribution in [3.8, 4) is 0 Å². The van der Waals surface area contributed by atoms with Crippen LogP contribution in [0.15, 0.2) is 51.4 Å². The molecule has 0 saturated heterocycles. The lowest BCUT2D eigenvalue weighted by Gasteiger charge is -2.18. The monoisotopic (exact) mass is 344 g/mol. The lowest BCUT2D eigenvalue weighted by Crippen LogP contribution is -2.09. The van der Waals surface area contributed by atoms with E-state index in [2.05, 4.69) is 57.4 Å². The van der Waals surface area contributed by atoms with Gasteiger partial charge in [-0.05, 0) is 42.3 Å². The number of oxazole rings is 1. The molecule has 0 amide bonds. The molecule has 21 heavy (non-hydrogen) atoms. The molecule has 1 atom stereocenters. The number of fused-ring (bicyclic) bond motifs is 1. The molecule has 3 rings (SSSR count). The summed E-state index contributed by atoms with van der Waals surface area (Å²) < 4.78 is 6.61. The first-order valence-electron chi connectivity index (χ1n) is 7.05. The van der Waals surface area contributed by atoms with Crippen LogP contribution in [-0.4, -0.2) is 4.98 Å². The summed E-state index contributed by atoms with van der Waals surface area (Å²) in [6.45, 7) is 4.04. The highest BCUT2D eigenvalue weighted by molar-refractivity contribution is 9.10. The largest absolute Gasteiger partial charge is 0.441 e. The van der Waals surface area contributed by atoms with Gasteiger partial charge in [-0.3, -0.25) is 0 Å². The Morgan fingerprint density at radius 2 is 1.95 bits per heavy atom. The van der Waals surface area contributed by atoms with E-state index in [1.165, 1.54) is 5.56 Å². The van der Waals surface area contributed by atoms with Gasteiger partial charge in [0.1, 0.15) is 5.52 Å². The molecule has 0 aliphatic carbocycles. The third kappa shape index (κ3) is 3.10. The Hall–Kier alpha value is -1.81. The number of hydrogen-bond acceptors (Lipinski definition) is 3. The predicted octanol–water partition coefficient (Wildman–Crippen LogP) is 5.46. The molecule has 0 aliphatic heterocycles. The minimum atomic E-state index is 0.281. The van der Waals surface area contributed by atoms with Crippen LogP contribution in [0.4, 0.5) is 5.69 Å². The lowest BCUT2D eigenvalue weighted by atomic mass is 10.0. The molecule has 3 aromatic rings. The molecule has 1 N–H and O–H groups in total. The standard InChI is InChI=1S/C17H17BrN2O/c1-3-15(12-4-6-13(18)7-5-12)20-14-8-9-17-16(10-14)19-11(2)21-17/h4-10,15,20H,3H2,1-2H3. The number of benzene rings is 2. The normalized spacial score (nSPS) is 12.5. The lowest BCUT2D eigenvalue weighted by molar-refractivity contribution is 0.561. The van der Waals surface area contributed by atoms with E-state index in [0.29, 0.717) is 5.89 Å². The summed E-state index contributed by atoms with van der Waals surface area (Å²) in [6, 6.07) is 14.7. The van der Waals surface area contributed by atoms with Crippen LogP contribution in [0.1, 0.15) is 30.8 Å². The molecule has 4 heteroatoms. The van der Waals surface area contributed by atoms with Gasteiger partial charge in [-0.2, -0.15) is 0 Å². The maximum absolute atomic E-state index is 5.51. The maximum atomic E-state index is 5.51. The molecular weight excluding hydrogens is 328 g/mol. The number of nitrogens with one attached hydrogen (secondary N) is 1. The highest BCUT2D eigenvalue weighted by Crippen LogP contribution is 2.26. The zero-order chi connectivity index (χ0) is 14.8. The van der Waals surface area contributed by atoms with Gasteiger partial charge < -0.3 is 9.73 Å². The predicted molar refractivity (Wildman–Crippen MR) is 89.5 cm³/mol. The molecule has 0 radical (unpaired) electrons. The Morgan fingerprint density at radius 3 is 2.67 bits per heavy atom. The second-order valence-electron chi connectivity index (χ2n) is 5.07. The average Bonchev–Trinajstić information content (AvgIpc) is 2.85. The van der Waals surface area contributed by atoms with Crippen molar-refractivity contribution < 1.29 is 4.42 Å². The molecule has 3 nitrogen and oxygen atoms in total. The van der Waals surface area contributed by atoms with Crippen molar-refractivity contribution in [2.24, 2.45) is 0 Å². The SMILES string of the molecule is CCC(Nc1ccc2oc(C)nc2c1)c1ccc(Br)cc1. The molecule has 0 saturated carbocycles. The zero-order valence-electron chi connectivity index (χ0n) is 12.1. The molecule has 2 aromatic carbocycles. The first kappa shape index (κ1) is 14.1. The Morgan fingerprint density at radius 1 is 1.19 bits per heavy atom. The third-order valence-corrected chi connectivity index (χ3v) is 4.04. The van der Waals surface area contributed by atoms with E-state index in [1.807, 2.05) is 25.1 Å². The summed E-state index contributed by atoms with van der Waals surface area (Å²) in [5, 5.41) is 3.57. The first-order valence-corrected chi connectivity index (χ1v) is 7.84. The summed E-state index contributed by atoms with van der Waals surface area (Å²) in [7, 11) is 0. The van der Waals surface area contributed by atoms with Gasteiger partial charge >= 0.3 is 0 Å². The summed E-state index contributed by atoms with van der Waals surface area (Å²) in [4.78, 5) is 4.38. The van der Waals surface area contributed by atoms with Gasteiger partial charge in [0.05, 0.1) is 6.04 Å². The van der Waals surface area contributed by atoms with Crippen LogP contribution in [0.3, 0.4) is 0 Å². The van der Waals surface area contributed by atoms with E-state index >= 15 is 0 Å². The molecule has 0 spiro atoms. The number of halogens is 1. The van der Waals surface area contributed by atoms with E-state index in [0.717, 1.165) is 27.7 Å². The van der Waals surface area contributed by atoms with Crippen molar-refractivity contribution in [3.63, 3.8) is 0 Å². The van der Waals surface area contributed by atoms with Crippen molar-refractivity contribution in [2.45, 2.75) is 26.3 Å². The molecule has 1 heterocycles. The Kier molecular flexibility index (Phi) is 3.97. The van der Waals surface area contributed by atoms with E-state index < -0.39 is 0 Å². The fourth-order valence-corrected chi connectivity index (χ4v) is 2.71. The number of anilines is 1. The van der Waals surface area contributed by atoms with Gasteiger partial charge in [0, 0.05) is 17.1 Å². The highest BCUT2D eigenvalue weighted by atomic mass is 79.9. The molecule has 0 fully saturated rings. The van der Waals surface area contributed by atoms with Crippen molar-refractivity contribution in [3.05, 3.63) is 58.4 Å². The van der Waals surface area contributed by atoms with Gasteiger partial charge in [-0.1, -0.05) is 35.0 Å². The smallest absolute Gasteiger partial charge is 0.192 e. The minimum absolute atomic E-state index is 0.281. The van der Waals surface area contributed by atoms with Crippen LogP contribution in [-0.2, 0) is 0 Å². The van der Waals surface area contributed by atoms with Crippen LogP contribution in [0.2, 0.25) is 0 Å². The van der Waals surface area contributed by atoms with Crippen LogP contribution in [0.5, 0.6) is 0 Å². The van der Waals surface area contributed by atoms with Gasteiger partial charge in [0.25, 0.3) is 0 Å². The third-order valence-electron chi connectivity index (χ3n) is 3.52. The van der Waals surface area contributed by atoms with Crippen LogP contribution >= 0.6 is 15.9 Å². The summed E-state index contributed by atoms with van der Waals surface area (Å²) in [6.07, 6.45) is 1.01. The molecular formula is C17H17BrN2O. The summed E-state index contributed by atoms with van der Waals surface area (Å²) in [5.41, 5.74) is 4.06. The van der Waals surface area contributed by atoms with E-state index in [4.69, 9.17) is 4.42 Å². The Bertz CT molecular complexity index is 749. The molecule has 0 aliphatic rings. The van der Waals surface area contributed by atoms with E-state index in [9.17, 15) is 0 Å². The van der Waals surface area contributed by atoms with E-state index in [-0.39, 0.29) is 6.04 Å². The number of aromatic nitrogens is 1. The van der Waals surface area contributed by atoms with Crippen molar-refractivity contribution >= 4 is 32.7 Å². The van der Waals surface area contributed by atoms with Crippen molar-refractivity contribution in [1.82, 2.24) is 4.98 Å². The molecule has 1 unspecified atom stereocenters. The highest BCUT2D eigenvalue weighted by Gasteiger charge is 2.10. The molecule has 1 aromatic heterocycles. The fourth-order valence-electron chi connectivity index (χ4n) is 2.45. The number of hydrogen-bond donors (Lipinski definition) is 1. The Labute approximate surface area is 132 Å². The number of rotatable bonds is 4. The van der Waals surface area contributed by atoms with Crippen LogP contribution in [0, 0.1) is 6.92 Å². The van der Waals surface area contributed by atoms with Gasteiger partial charge in [0.15, 0.2) is 11.5 Å². The average molecular weight is 345 g/mol. The van der Waals surface area contributed by atoms with Crippen molar-refractivity contribution in [2.75, 3.05) is 5.32 Å². The topological polar surface area (TPSA) is 38.1 Å². The minimum Gasteiger partial charge on any atom is -0.441 e. The van der Waals surface area contributed by atoms with Gasteiger partial charge in [-0.15, -0.1) is 0 Å². The zero-order valence-corrected chi connectivity index (χ0v) is 13.6. The molecule has 0 bridgehead atoms. The second kappa shape index (κ2) is 5.90. The number of aryl methyl sites for hydroxylation is 1. The van der Waals surface area contributed by atoms with Crippen molar-refractivity contribution in [1.29, 1.82) is 0 Å². The number of nitrogens with zero attached hydrogens (tertiary/aromatic N) is 1. The second-order valence-corrected chi connectivity index (χ2v) is 5.99. The quantitative estimate of drug-likeness (QED) is 0.682. The summed E-state index contributed by atoms with van der Waals surface area (Å²) in [5.74, 6) is 0.696. The summed E-state index contributed by atoms with van der Waals surface area (Å²) >= 11 is 3.47. The van der Waals surface area contributed by atoms with Gasteiger partial charge in [-0.25, -0.2) is 4.98 Å².